The van der Waals surface area contributed by atoms with Gasteiger partial charge in [-0.2, -0.15) is 18.3 Å². The topological polar surface area (TPSA) is 24.4 Å². The van der Waals surface area contributed by atoms with E-state index in [2.05, 4.69) is 10.5 Å². The Morgan fingerprint density at radius 3 is 2.60 bits per heavy atom. The van der Waals surface area contributed by atoms with Gasteiger partial charge in [0.2, 0.25) is 0 Å². The molecule has 7 heteroatoms. The van der Waals surface area contributed by atoms with Crippen molar-refractivity contribution in [1.29, 1.82) is 0 Å². The fourth-order valence-corrected chi connectivity index (χ4v) is 2.38. The third-order valence-corrected chi connectivity index (χ3v) is 3.70. The molecule has 0 unspecified atom stereocenters. The van der Waals surface area contributed by atoms with Gasteiger partial charge in [0.05, 0.1) is 22.5 Å². The van der Waals surface area contributed by atoms with Crippen LogP contribution in [0, 0.1) is 6.92 Å². The Morgan fingerprint density at radius 2 is 2.00 bits per heavy atom. The highest BCUT2D eigenvalue weighted by atomic mass is 35.5. The highest BCUT2D eigenvalue weighted by Gasteiger charge is 2.30. The number of anilines is 1. The molecule has 20 heavy (non-hydrogen) atoms. The molecule has 1 aromatic carbocycles. The second-order valence-corrected chi connectivity index (χ2v) is 5.74. The third kappa shape index (κ3) is 3.74. The van der Waals surface area contributed by atoms with E-state index < -0.39 is 11.7 Å². The van der Waals surface area contributed by atoms with Crippen LogP contribution in [0.15, 0.2) is 35.4 Å². The second-order valence-electron chi connectivity index (χ2n) is 4.01. The van der Waals surface area contributed by atoms with Crippen LogP contribution in [0.4, 0.5) is 18.9 Å². The molecule has 0 fully saturated rings. The molecule has 2 nitrogen and oxygen atoms in total. The van der Waals surface area contributed by atoms with Gasteiger partial charge in [0.25, 0.3) is 0 Å². The number of aryl methyl sites for hydroxylation is 1. The molecule has 0 radical (unpaired) electrons. The molecule has 0 saturated carbocycles. The molecule has 106 valence electrons. The van der Waals surface area contributed by atoms with Gasteiger partial charge in [-0.15, -0.1) is 11.3 Å². The number of nitrogens with zero attached hydrogens (tertiary/aromatic N) is 1. The van der Waals surface area contributed by atoms with Gasteiger partial charge >= 0.3 is 6.18 Å². The molecule has 1 aromatic heterocycles. The Morgan fingerprint density at radius 1 is 1.25 bits per heavy atom. The maximum absolute atomic E-state index is 12.6. The normalized spacial score (nSPS) is 12.1. The highest BCUT2D eigenvalue weighted by Crippen LogP contribution is 2.33. The van der Waals surface area contributed by atoms with E-state index in [-0.39, 0.29) is 10.7 Å². The summed E-state index contributed by atoms with van der Waals surface area (Å²) in [5.74, 6) is 0. The molecule has 0 spiro atoms. The van der Waals surface area contributed by atoms with E-state index in [1.807, 2.05) is 19.1 Å². The summed E-state index contributed by atoms with van der Waals surface area (Å²) in [6.45, 7) is 1.96. The van der Waals surface area contributed by atoms with E-state index in [1.165, 1.54) is 23.6 Å². The Labute approximate surface area is 122 Å². The Balaban J connectivity index is 2.15. The number of alkyl halides is 3. The van der Waals surface area contributed by atoms with Crippen molar-refractivity contribution in [2.75, 3.05) is 5.43 Å². The summed E-state index contributed by atoms with van der Waals surface area (Å²) >= 11 is 7.36. The summed E-state index contributed by atoms with van der Waals surface area (Å²) in [5, 5.41) is 4.07. The van der Waals surface area contributed by atoms with Gasteiger partial charge in [-0.3, -0.25) is 5.43 Å². The first kappa shape index (κ1) is 14.9. The second kappa shape index (κ2) is 5.85. The van der Waals surface area contributed by atoms with E-state index in [4.69, 9.17) is 11.6 Å². The number of rotatable bonds is 3. The lowest BCUT2D eigenvalue weighted by molar-refractivity contribution is -0.137. The van der Waals surface area contributed by atoms with Crippen molar-refractivity contribution in [3.05, 3.63) is 50.7 Å². The average molecular weight is 319 g/mol. The summed E-state index contributed by atoms with van der Waals surface area (Å²) in [7, 11) is 0. The van der Waals surface area contributed by atoms with Crippen LogP contribution in [-0.4, -0.2) is 6.21 Å². The molecule has 0 atom stereocenters. The first-order chi connectivity index (χ1) is 9.36. The number of nitrogens with one attached hydrogen (secondary N) is 1. The molecular weight excluding hydrogens is 309 g/mol. The van der Waals surface area contributed by atoms with E-state index in [0.29, 0.717) is 0 Å². The lowest BCUT2D eigenvalue weighted by Gasteiger charge is -2.09. The zero-order valence-corrected chi connectivity index (χ0v) is 11.9. The maximum atomic E-state index is 12.6. The first-order valence-electron chi connectivity index (χ1n) is 5.58. The largest absolute Gasteiger partial charge is 0.416 e. The number of halogens is 4. The van der Waals surface area contributed by atoms with Crippen molar-refractivity contribution < 1.29 is 13.2 Å². The zero-order valence-electron chi connectivity index (χ0n) is 10.3. The Bertz CT molecular complexity index is 635. The predicted molar refractivity (Wildman–Crippen MR) is 76.7 cm³/mol. The van der Waals surface area contributed by atoms with Crippen molar-refractivity contribution >= 4 is 34.8 Å². The van der Waals surface area contributed by atoms with E-state index in [0.717, 1.165) is 21.9 Å². The van der Waals surface area contributed by atoms with Crippen LogP contribution in [0.1, 0.15) is 15.3 Å². The summed E-state index contributed by atoms with van der Waals surface area (Å²) in [4.78, 5) is 2.03. The molecule has 0 aliphatic carbocycles. The SMILES string of the molecule is Cc1ccc(/C=N/Nc2cc(C(F)(F)F)ccc2Cl)s1. The van der Waals surface area contributed by atoms with Crippen LogP contribution in [-0.2, 0) is 6.18 Å². The predicted octanol–water partition coefficient (Wildman–Crippen LogP) is 5.17. The Hall–Kier alpha value is -1.53. The summed E-state index contributed by atoms with van der Waals surface area (Å²) in [6.07, 6.45) is -2.87. The van der Waals surface area contributed by atoms with Crippen LogP contribution < -0.4 is 5.43 Å². The number of benzene rings is 1. The zero-order chi connectivity index (χ0) is 14.8. The summed E-state index contributed by atoms with van der Waals surface area (Å²) < 4.78 is 37.7. The van der Waals surface area contributed by atoms with Crippen LogP contribution in [0.3, 0.4) is 0 Å². The van der Waals surface area contributed by atoms with Crippen molar-refractivity contribution in [1.82, 2.24) is 0 Å². The molecule has 0 saturated heterocycles. The minimum absolute atomic E-state index is 0.117. The quantitative estimate of drug-likeness (QED) is 0.612. The van der Waals surface area contributed by atoms with Crippen molar-refractivity contribution in [2.24, 2.45) is 5.10 Å². The maximum Gasteiger partial charge on any atom is 0.416 e. The fourth-order valence-electron chi connectivity index (χ4n) is 1.48. The van der Waals surface area contributed by atoms with Gasteiger partial charge in [0, 0.05) is 9.75 Å². The number of hydrazone groups is 1. The highest BCUT2D eigenvalue weighted by molar-refractivity contribution is 7.13. The van der Waals surface area contributed by atoms with Gasteiger partial charge in [-0.05, 0) is 37.3 Å². The summed E-state index contributed by atoms with van der Waals surface area (Å²) in [6, 6.07) is 6.86. The minimum Gasteiger partial charge on any atom is -0.277 e. The standard InChI is InChI=1S/C13H10ClF3N2S/c1-8-2-4-10(20-8)7-18-19-12-6-9(13(15,16)17)3-5-11(12)14/h2-7,19H,1H3/b18-7+. The number of thiophene rings is 1. The van der Waals surface area contributed by atoms with Gasteiger partial charge in [-0.1, -0.05) is 11.6 Å². The van der Waals surface area contributed by atoms with Crippen LogP contribution in [0.25, 0.3) is 0 Å². The molecular formula is C13H10ClF3N2S. The molecule has 0 amide bonds. The van der Waals surface area contributed by atoms with Crippen LogP contribution in [0.5, 0.6) is 0 Å². The van der Waals surface area contributed by atoms with Crippen LogP contribution in [0.2, 0.25) is 5.02 Å². The van der Waals surface area contributed by atoms with Crippen molar-refractivity contribution in [2.45, 2.75) is 13.1 Å². The Kier molecular flexibility index (Phi) is 4.35. The minimum atomic E-state index is -4.41. The molecule has 0 aliphatic heterocycles. The van der Waals surface area contributed by atoms with E-state index in [9.17, 15) is 13.2 Å². The lowest BCUT2D eigenvalue weighted by atomic mass is 10.2. The number of hydrogen-bond donors (Lipinski definition) is 1. The van der Waals surface area contributed by atoms with Crippen LogP contribution >= 0.6 is 22.9 Å². The van der Waals surface area contributed by atoms with Gasteiger partial charge < -0.3 is 0 Å². The van der Waals surface area contributed by atoms with E-state index in [1.54, 1.807) is 0 Å². The van der Waals surface area contributed by atoms with Crippen molar-refractivity contribution in [3.63, 3.8) is 0 Å². The molecule has 1 heterocycles. The summed E-state index contributed by atoms with van der Waals surface area (Å²) in [5.41, 5.74) is 1.87. The van der Waals surface area contributed by atoms with Crippen molar-refractivity contribution in [3.8, 4) is 0 Å². The van der Waals surface area contributed by atoms with E-state index >= 15 is 0 Å². The monoisotopic (exact) mass is 318 g/mol. The smallest absolute Gasteiger partial charge is 0.277 e. The van der Waals surface area contributed by atoms with Gasteiger partial charge in [0.15, 0.2) is 0 Å². The molecule has 2 rings (SSSR count). The average Bonchev–Trinajstić information content (AvgIpc) is 2.76. The molecule has 0 aliphatic rings. The molecule has 0 bridgehead atoms. The molecule has 2 aromatic rings. The first-order valence-corrected chi connectivity index (χ1v) is 6.78. The number of hydrogen-bond acceptors (Lipinski definition) is 3. The fraction of sp³-hybridized carbons (Fsp3) is 0.154. The van der Waals surface area contributed by atoms with Gasteiger partial charge in [-0.25, -0.2) is 0 Å². The van der Waals surface area contributed by atoms with Gasteiger partial charge in [0.1, 0.15) is 0 Å². The lowest BCUT2D eigenvalue weighted by Crippen LogP contribution is -2.05. The third-order valence-electron chi connectivity index (χ3n) is 2.43. The molecule has 1 N–H and O–H groups in total.